The van der Waals surface area contributed by atoms with Crippen LogP contribution < -0.4 is 5.32 Å². The average molecular weight is 228 g/mol. The number of nitrogens with one attached hydrogen (secondary N) is 1. The van der Waals surface area contributed by atoms with Crippen molar-refractivity contribution < 1.29 is 5.11 Å². The van der Waals surface area contributed by atoms with Crippen LogP contribution in [-0.2, 0) is 0 Å². The molecule has 1 saturated heterocycles. The molecule has 0 bridgehead atoms. The zero-order chi connectivity index (χ0) is 12.0. The number of rotatable bonds is 6. The Balaban J connectivity index is 2.27. The fraction of sp³-hybridized carbons (Fsp3) is 1.00. The summed E-state index contributed by atoms with van der Waals surface area (Å²) >= 11 is 0. The van der Waals surface area contributed by atoms with Crippen LogP contribution in [0.3, 0.4) is 0 Å². The third-order valence-corrected chi connectivity index (χ3v) is 3.80. The van der Waals surface area contributed by atoms with E-state index in [1.54, 1.807) is 0 Å². The van der Waals surface area contributed by atoms with Gasteiger partial charge in [-0.05, 0) is 44.7 Å². The molecule has 1 heterocycles. The van der Waals surface area contributed by atoms with E-state index in [9.17, 15) is 0 Å². The lowest BCUT2D eigenvalue weighted by molar-refractivity contribution is 0.152. The van der Waals surface area contributed by atoms with Gasteiger partial charge in [-0.3, -0.25) is 0 Å². The number of aliphatic hydroxyl groups excluding tert-OH is 1. The molecular weight excluding hydrogens is 200 g/mol. The van der Waals surface area contributed by atoms with E-state index in [2.05, 4.69) is 31.0 Å². The van der Waals surface area contributed by atoms with E-state index < -0.39 is 0 Å². The van der Waals surface area contributed by atoms with Gasteiger partial charge in [-0.1, -0.05) is 13.8 Å². The van der Waals surface area contributed by atoms with Gasteiger partial charge in [0.05, 0.1) is 0 Å². The molecule has 0 aliphatic carbocycles. The minimum absolute atomic E-state index is 0.283. The van der Waals surface area contributed by atoms with E-state index in [-0.39, 0.29) is 6.61 Å². The lowest BCUT2D eigenvalue weighted by atomic mass is 9.91. The maximum absolute atomic E-state index is 8.99. The van der Waals surface area contributed by atoms with E-state index in [4.69, 9.17) is 5.11 Å². The van der Waals surface area contributed by atoms with Crippen LogP contribution in [0.5, 0.6) is 0 Å². The van der Waals surface area contributed by atoms with Gasteiger partial charge >= 0.3 is 0 Å². The molecule has 0 radical (unpaired) electrons. The second-order valence-electron chi connectivity index (χ2n) is 5.28. The highest BCUT2D eigenvalue weighted by molar-refractivity contribution is 4.80. The Morgan fingerprint density at radius 1 is 1.44 bits per heavy atom. The van der Waals surface area contributed by atoms with Gasteiger partial charge in [0, 0.05) is 25.7 Å². The second kappa shape index (κ2) is 7.25. The second-order valence-corrected chi connectivity index (χ2v) is 5.28. The summed E-state index contributed by atoms with van der Waals surface area (Å²) in [5, 5.41) is 12.6. The molecule has 0 saturated carbocycles. The summed E-state index contributed by atoms with van der Waals surface area (Å²) in [4.78, 5) is 2.54. The Morgan fingerprint density at radius 2 is 2.19 bits per heavy atom. The van der Waals surface area contributed by atoms with Crippen molar-refractivity contribution >= 4 is 0 Å². The molecule has 0 aromatic rings. The summed E-state index contributed by atoms with van der Waals surface area (Å²) in [7, 11) is 0. The fourth-order valence-corrected chi connectivity index (χ4v) is 2.40. The first-order chi connectivity index (χ1) is 7.67. The highest BCUT2D eigenvalue weighted by atomic mass is 16.3. The molecule has 2 N–H and O–H groups in total. The SMILES string of the molecule is CCN1CCCC(C(C)NCC(C)CO)C1. The van der Waals surface area contributed by atoms with Crippen molar-refractivity contribution in [1.29, 1.82) is 0 Å². The van der Waals surface area contributed by atoms with E-state index in [0.717, 1.165) is 12.5 Å². The monoisotopic (exact) mass is 228 g/mol. The van der Waals surface area contributed by atoms with Crippen LogP contribution in [0.15, 0.2) is 0 Å². The standard InChI is InChI=1S/C13H28N2O/c1-4-15-7-5-6-13(9-15)12(3)14-8-11(2)10-16/h11-14,16H,4-10H2,1-3H3. The van der Waals surface area contributed by atoms with Crippen LogP contribution in [0.25, 0.3) is 0 Å². The molecule has 0 amide bonds. The summed E-state index contributed by atoms with van der Waals surface area (Å²) in [5.74, 6) is 1.15. The van der Waals surface area contributed by atoms with Crippen molar-refractivity contribution in [2.45, 2.75) is 39.7 Å². The molecule has 1 aliphatic heterocycles. The Labute approximate surface area is 100 Å². The van der Waals surface area contributed by atoms with Crippen molar-refractivity contribution in [1.82, 2.24) is 10.2 Å². The minimum Gasteiger partial charge on any atom is -0.396 e. The van der Waals surface area contributed by atoms with Crippen molar-refractivity contribution in [3.05, 3.63) is 0 Å². The maximum Gasteiger partial charge on any atom is 0.0468 e. The van der Waals surface area contributed by atoms with Crippen LogP contribution in [-0.4, -0.2) is 48.8 Å². The molecule has 3 heteroatoms. The van der Waals surface area contributed by atoms with Crippen molar-refractivity contribution in [3.8, 4) is 0 Å². The van der Waals surface area contributed by atoms with Crippen LogP contribution >= 0.6 is 0 Å². The van der Waals surface area contributed by atoms with Crippen molar-refractivity contribution in [2.75, 3.05) is 32.8 Å². The third-order valence-electron chi connectivity index (χ3n) is 3.80. The van der Waals surface area contributed by atoms with Gasteiger partial charge in [-0.25, -0.2) is 0 Å². The quantitative estimate of drug-likeness (QED) is 0.720. The van der Waals surface area contributed by atoms with Gasteiger partial charge in [0.15, 0.2) is 0 Å². The average Bonchev–Trinajstić information content (AvgIpc) is 2.35. The summed E-state index contributed by atoms with van der Waals surface area (Å²) in [6.07, 6.45) is 2.68. The van der Waals surface area contributed by atoms with Crippen LogP contribution in [0, 0.1) is 11.8 Å². The van der Waals surface area contributed by atoms with Gasteiger partial charge in [0.1, 0.15) is 0 Å². The van der Waals surface area contributed by atoms with E-state index in [0.29, 0.717) is 12.0 Å². The largest absolute Gasteiger partial charge is 0.396 e. The molecule has 96 valence electrons. The Hall–Kier alpha value is -0.120. The Bertz CT molecular complexity index is 187. The normalized spacial score (nSPS) is 26.6. The molecule has 1 rings (SSSR count). The lowest BCUT2D eigenvalue weighted by Gasteiger charge is -2.35. The third kappa shape index (κ3) is 4.40. The lowest BCUT2D eigenvalue weighted by Crippen LogP contribution is -2.45. The number of piperidine rings is 1. The summed E-state index contributed by atoms with van der Waals surface area (Å²) in [6, 6.07) is 0.573. The van der Waals surface area contributed by atoms with Gasteiger partial charge < -0.3 is 15.3 Å². The summed E-state index contributed by atoms with van der Waals surface area (Å²) in [5.41, 5.74) is 0. The molecule has 0 spiro atoms. The Morgan fingerprint density at radius 3 is 2.81 bits per heavy atom. The molecular formula is C13H28N2O. The molecule has 3 atom stereocenters. The van der Waals surface area contributed by atoms with E-state index in [1.807, 2.05) is 0 Å². The van der Waals surface area contributed by atoms with E-state index >= 15 is 0 Å². The maximum atomic E-state index is 8.99. The molecule has 16 heavy (non-hydrogen) atoms. The first kappa shape index (κ1) is 13.9. The van der Waals surface area contributed by atoms with E-state index in [1.165, 1.54) is 32.5 Å². The zero-order valence-electron chi connectivity index (χ0n) is 11.1. The van der Waals surface area contributed by atoms with Crippen LogP contribution in [0.1, 0.15) is 33.6 Å². The van der Waals surface area contributed by atoms with Crippen LogP contribution in [0.4, 0.5) is 0 Å². The predicted octanol–water partition coefficient (Wildman–Crippen LogP) is 1.32. The topological polar surface area (TPSA) is 35.5 Å². The number of nitrogens with zero attached hydrogens (tertiary/aromatic N) is 1. The zero-order valence-corrected chi connectivity index (χ0v) is 11.1. The molecule has 1 fully saturated rings. The smallest absolute Gasteiger partial charge is 0.0468 e. The number of aliphatic hydroxyl groups is 1. The number of hydrogen-bond donors (Lipinski definition) is 2. The molecule has 0 aromatic carbocycles. The minimum atomic E-state index is 0.283. The highest BCUT2D eigenvalue weighted by Crippen LogP contribution is 2.19. The molecule has 1 aliphatic rings. The first-order valence-corrected chi connectivity index (χ1v) is 6.74. The highest BCUT2D eigenvalue weighted by Gasteiger charge is 2.23. The molecule has 0 aromatic heterocycles. The fourth-order valence-electron chi connectivity index (χ4n) is 2.40. The Kier molecular flexibility index (Phi) is 6.32. The molecule has 3 unspecified atom stereocenters. The molecule has 3 nitrogen and oxygen atoms in total. The van der Waals surface area contributed by atoms with Crippen LogP contribution in [0.2, 0.25) is 0 Å². The summed E-state index contributed by atoms with van der Waals surface area (Å²) < 4.78 is 0. The van der Waals surface area contributed by atoms with Gasteiger partial charge in [0.2, 0.25) is 0 Å². The predicted molar refractivity (Wildman–Crippen MR) is 68.6 cm³/mol. The summed E-state index contributed by atoms with van der Waals surface area (Å²) in [6.45, 7) is 11.5. The van der Waals surface area contributed by atoms with Gasteiger partial charge in [0.25, 0.3) is 0 Å². The van der Waals surface area contributed by atoms with Gasteiger partial charge in [-0.2, -0.15) is 0 Å². The van der Waals surface area contributed by atoms with Crippen molar-refractivity contribution in [3.63, 3.8) is 0 Å². The first-order valence-electron chi connectivity index (χ1n) is 6.74. The van der Waals surface area contributed by atoms with Crippen molar-refractivity contribution in [2.24, 2.45) is 11.8 Å². The number of hydrogen-bond acceptors (Lipinski definition) is 3. The van der Waals surface area contributed by atoms with Gasteiger partial charge in [-0.15, -0.1) is 0 Å². The number of likely N-dealkylation sites (tertiary alicyclic amines) is 1.